The van der Waals surface area contributed by atoms with Gasteiger partial charge in [-0.3, -0.25) is 0 Å². The van der Waals surface area contributed by atoms with E-state index in [1.165, 1.54) is 49.8 Å². The molecule has 0 spiro atoms. The molecule has 0 N–H and O–H groups in total. The van der Waals surface area contributed by atoms with E-state index in [-0.39, 0.29) is 0 Å². The van der Waals surface area contributed by atoms with E-state index in [0.717, 1.165) is 17.9 Å². The highest BCUT2D eigenvalue weighted by Crippen LogP contribution is 2.38. The van der Waals surface area contributed by atoms with Gasteiger partial charge in [0, 0.05) is 0 Å². The van der Waals surface area contributed by atoms with Crippen LogP contribution in [-0.4, -0.2) is 0 Å². The van der Waals surface area contributed by atoms with Crippen molar-refractivity contribution in [3.05, 3.63) is 84.5 Å². The molecule has 26 heavy (non-hydrogen) atoms. The van der Waals surface area contributed by atoms with Crippen molar-refractivity contribution in [3.63, 3.8) is 0 Å². The lowest BCUT2D eigenvalue weighted by Crippen LogP contribution is -2.13. The topological polar surface area (TPSA) is 0 Å². The zero-order valence-electron chi connectivity index (χ0n) is 15.1. The van der Waals surface area contributed by atoms with Crippen LogP contribution >= 0.6 is 0 Å². The summed E-state index contributed by atoms with van der Waals surface area (Å²) in [5.41, 5.74) is 3.00. The van der Waals surface area contributed by atoms with Gasteiger partial charge in [0.15, 0.2) is 11.6 Å². The maximum atomic E-state index is 13.4. The molecule has 3 rings (SSSR count). The zero-order chi connectivity index (χ0) is 18.4. The van der Waals surface area contributed by atoms with Gasteiger partial charge in [0.05, 0.1) is 0 Å². The van der Waals surface area contributed by atoms with Gasteiger partial charge in [-0.25, -0.2) is 8.78 Å². The quantitative estimate of drug-likeness (QED) is 0.474. The number of benzene rings is 2. The van der Waals surface area contributed by atoms with Crippen LogP contribution in [0.4, 0.5) is 8.78 Å². The zero-order valence-corrected chi connectivity index (χ0v) is 15.1. The van der Waals surface area contributed by atoms with Gasteiger partial charge in [-0.05, 0) is 79.2 Å². The summed E-state index contributed by atoms with van der Waals surface area (Å²) in [5.74, 6) is -0.147. The Morgan fingerprint density at radius 3 is 2.23 bits per heavy atom. The Bertz CT molecular complexity index is 750. The summed E-state index contributed by atoms with van der Waals surface area (Å²) in [6, 6.07) is 12.4. The second-order valence-corrected chi connectivity index (χ2v) is 7.21. The number of hydrogen-bond donors (Lipinski definition) is 0. The summed E-state index contributed by atoms with van der Waals surface area (Å²) in [6.07, 6.45) is 13.5. The fraction of sp³-hybridized carbons (Fsp3) is 0.333. The average Bonchev–Trinajstić information content (AvgIpc) is 2.68. The molecule has 0 bridgehead atoms. The summed E-state index contributed by atoms with van der Waals surface area (Å²) in [7, 11) is 0. The summed E-state index contributed by atoms with van der Waals surface area (Å²) >= 11 is 0. The lowest BCUT2D eigenvalue weighted by Gasteiger charge is -2.28. The Morgan fingerprint density at radius 2 is 1.58 bits per heavy atom. The maximum absolute atomic E-state index is 13.4. The van der Waals surface area contributed by atoms with Crippen molar-refractivity contribution < 1.29 is 8.78 Å². The molecule has 0 radical (unpaired) electrons. The SMILES string of the molecule is C=CC=CCCC1CCC(c2ccc(-c3ccc(F)c(F)c3)cc2)CC1. The summed E-state index contributed by atoms with van der Waals surface area (Å²) in [5, 5.41) is 0. The molecular weight excluding hydrogens is 326 g/mol. The van der Waals surface area contributed by atoms with Crippen LogP contribution in [0.3, 0.4) is 0 Å². The minimum Gasteiger partial charge on any atom is -0.204 e. The summed E-state index contributed by atoms with van der Waals surface area (Å²) in [6.45, 7) is 3.70. The molecule has 0 saturated heterocycles. The highest BCUT2D eigenvalue weighted by atomic mass is 19.2. The Morgan fingerprint density at radius 1 is 0.885 bits per heavy atom. The smallest absolute Gasteiger partial charge is 0.159 e. The van der Waals surface area contributed by atoms with Crippen LogP contribution in [-0.2, 0) is 0 Å². The van der Waals surface area contributed by atoms with Gasteiger partial charge in [0.2, 0.25) is 0 Å². The van der Waals surface area contributed by atoms with E-state index < -0.39 is 11.6 Å². The van der Waals surface area contributed by atoms with Crippen LogP contribution in [0.1, 0.15) is 50.0 Å². The molecule has 0 aliphatic heterocycles. The van der Waals surface area contributed by atoms with E-state index in [2.05, 4.69) is 24.8 Å². The Balaban J connectivity index is 1.57. The Labute approximate surface area is 155 Å². The van der Waals surface area contributed by atoms with Crippen molar-refractivity contribution in [2.24, 2.45) is 5.92 Å². The molecule has 1 aliphatic carbocycles. The van der Waals surface area contributed by atoms with E-state index in [9.17, 15) is 8.78 Å². The Hall–Kier alpha value is -2.22. The Kier molecular flexibility index (Phi) is 6.38. The third kappa shape index (κ3) is 4.69. The number of rotatable bonds is 6. The van der Waals surface area contributed by atoms with Crippen molar-refractivity contribution in [1.29, 1.82) is 0 Å². The molecule has 2 heteroatoms. The van der Waals surface area contributed by atoms with Gasteiger partial charge >= 0.3 is 0 Å². The van der Waals surface area contributed by atoms with Crippen molar-refractivity contribution in [2.75, 3.05) is 0 Å². The van der Waals surface area contributed by atoms with E-state index >= 15 is 0 Å². The van der Waals surface area contributed by atoms with Crippen LogP contribution in [0.2, 0.25) is 0 Å². The minimum absolute atomic E-state index is 0.619. The average molecular weight is 352 g/mol. The predicted molar refractivity (Wildman–Crippen MR) is 105 cm³/mol. The number of hydrogen-bond acceptors (Lipinski definition) is 0. The highest BCUT2D eigenvalue weighted by Gasteiger charge is 2.21. The molecule has 1 fully saturated rings. The summed E-state index contributed by atoms with van der Waals surface area (Å²) < 4.78 is 26.5. The first-order chi connectivity index (χ1) is 12.7. The molecule has 2 aromatic rings. The minimum atomic E-state index is -0.804. The molecule has 0 aromatic heterocycles. The molecule has 136 valence electrons. The fourth-order valence-corrected chi connectivity index (χ4v) is 3.93. The van der Waals surface area contributed by atoms with E-state index in [4.69, 9.17) is 0 Å². The maximum Gasteiger partial charge on any atom is 0.159 e. The third-order valence-corrected chi connectivity index (χ3v) is 5.50. The second kappa shape index (κ2) is 8.93. The summed E-state index contributed by atoms with van der Waals surface area (Å²) in [4.78, 5) is 0. The lowest BCUT2D eigenvalue weighted by atomic mass is 9.77. The standard InChI is InChI=1S/C24H26F2/c1-2-3-4-5-6-18-7-9-19(10-8-18)20-11-13-21(14-12-20)22-15-16-23(25)24(26)17-22/h2-4,11-19H,1,5-10H2. The van der Waals surface area contributed by atoms with E-state index in [1.54, 1.807) is 6.07 Å². The highest BCUT2D eigenvalue weighted by molar-refractivity contribution is 5.63. The molecular formula is C24H26F2. The van der Waals surface area contributed by atoms with Crippen LogP contribution in [0.15, 0.2) is 67.3 Å². The predicted octanol–water partition coefficient (Wildman–Crippen LogP) is 7.43. The molecule has 0 amide bonds. The first-order valence-electron chi connectivity index (χ1n) is 9.50. The van der Waals surface area contributed by atoms with Crippen molar-refractivity contribution >= 4 is 0 Å². The monoisotopic (exact) mass is 352 g/mol. The van der Waals surface area contributed by atoms with Crippen molar-refractivity contribution in [1.82, 2.24) is 0 Å². The van der Waals surface area contributed by atoms with E-state index in [1.807, 2.05) is 24.3 Å². The van der Waals surface area contributed by atoms with Gasteiger partial charge in [0.25, 0.3) is 0 Å². The molecule has 0 heterocycles. The molecule has 1 saturated carbocycles. The van der Waals surface area contributed by atoms with Crippen molar-refractivity contribution in [2.45, 2.75) is 44.4 Å². The van der Waals surface area contributed by atoms with Gasteiger partial charge in [-0.15, -0.1) is 0 Å². The van der Waals surface area contributed by atoms with Gasteiger partial charge < -0.3 is 0 Å². The molecule has 2 aromatic carbocycles. The molecule has 0 nitrogen and oxygen atoms in total. The number of halogens is 2. The molecule has 1 aliphatic rings. The van der Waals surface area contributed by atoms with Crippen LogP contribution in [0.5, 0.6) is 0 Å². The third-order valence-electron chi connectivity index (χ3n) is 5.50. The normalized spacial score (nSPS) is 20.4. The van der Waals surface area contributed by atoms with Crippen molar-refractivity contribution in [3.8, 4) is 11.1 Å². The molecule has 0 unspecified atom stereocenters. The number of allylic oxidation sites excluding steroid dienone is 3. The first-order valence-corrected chi connectivity index (χ1v) is 9.50. The lowest BCUT2D eigenvalue weighted by molar-refractivity contribution is 0.312. The largest absolute Gasteiger partial charge is 0.204 e. The fourth-order valence-electron chi connectivity index (χ4n) is 3.93. The van der Waals surface area contributed by atoms with Gasteiger partial charge in [-0.1, -0.05) is 55.1 Å². The first kappa shape index (κ1) is 18.6. The van der Waals surface area contributed by atoms with Crippen LogP contribution in [0, 0.1) is 17.6 Å². The van der Waals surface area contributed by atoms with Gasteiger partial charge in [-0.2, -0.15) is 0 Å². The van der Waals surface area contributed by atoms with Crippen LogP contribution in [0.25, 0.3) is 11.1 Å². The second-order valence-electron chi connectivity index (χ2n) is 7.21. The van der Waals surface area contributed by atoms with Crippen LogP contribution < -0.4 is 0 Å². The van der Waals surface area contributed by atoms with Gasteiger partial charge in [0.1, 0.15) is 0 Å². The molecule has 0 atom stereocenters. The van der Waals surface area contributed by atoms with E-state index in [0.29, 0.717) is 11.5 Å².